The summed E-state index contributed by atoms with van der Waals surface area (Å²) >= 11 is 6.28. The first-order valence-electron chi connectivity index (χ1n) is 9.07. The van der Waals surface area contributed by atoms with Gasteiger partial charge in [-0.1, -0.05) is 41.4 Å². The Hall–Kier alpha value is -2.41. The van der Waals surface area contributed by atoms with E-state index in [-0.39, 0.29) is 10.7 Å². The molecule has 3 rings (SSSR count). The van der Waals surface area contributed by atoms with Crippen LogP contribution in [-0.2, 0) is 23.5 Å². The molecular weight excluding hydrogens is 408 g/mol. The number of nitrogens with two attached hydrogens (primary N) is 1. The molecule has 0 saturated carbocycles. The molecule has 0 aliphatic heterocycles. The maximum atomic E-state index is 13.2. The van der Waals surface area contributed by atoms with Crippen LogP contribution < -0.4 is 5.14 Å². The number of benzene rings is 2. The Labute approximate surface area is 176 Å². The van der Waals surface area contributed by atoms with Crippen LogP contribution >= 0.6 is 11.6 Å². The third-order valence-electron chi connectivity index (χ3n) is 5.09. The molecule has 0 bridgehead atoms. The molecule has 0 saturated heterocycles. The summed E-state index contributed by atoms with van der Waals surface area (Å²) in [6, 6.07) is 12.2. The second-order valence-corrected chi connectivity index (χ2v) is 9.32. The van der Waals surface area contributed by atoms with Gasteiger partial charge >= 0.3 is 0 Å². The van der Waals surface area contributed by atoms with Gasteiger partial charge in [-0.25, -0.2) is 13.6 Å². The van der Waals surface area contributed by atoms with Gasteiger partial charge in [0.2, 0.25) is 15.8 Å². The SMILES string of the molecule is Cc1ccc(C(=O)c2c(C)cc(Cc3ccc(S(N)(=O)=O)cc3Cl)n2C)c(C)c1. The fraction of sp³-hybridized carbons (Fsp3) is 0.227. The van der Waals surface area contributed by atoms with Crippen LogP contribution in [0, 0.1) is 20.8 Å². The highest BCUT2D eigenvalue weighted by Gasteiger charge is 2.21. The summed E-state index contributed by atoms with van der Waals surface area (Å²) in [5, 5.41) is 5.47. The highest BCUT2D eigenvalue weighted by molar-refractivity contribution is 7.89. The van der Waals surface area contributed by atoms with E-state index in [0.29, 0.717) is 22.7 Å². The number of rotatable bonds is 5. The number of hydrogen-bond acceptors (Lipinski definition) is 3. The minimum Gasteiger partial charge on any atom is -0.344 e. The minimum atomic E-state index is -3.81. The summed E-state index contributed by atoms with van der Waals surface area (Å²) in [5.74, 6) is -0.0237. The van der Waals surface area contributed by atoms with E-state index in [4.69, 9.17) is 16.7 Å². The highest BCUT2D eigenvalue weighted by Crippen LogP contribution is 2.26. The van der Waals surface area contributed by atoms with Crippen molar-refractivity contribution in [3.8, 4) is 0 Å². The van der Waals surface area contributed by atoms with Crippen LogP contribution in [0.5, 0.6) is 0 Å². The molecule has 2 aromatic carbocycles. The van der Waals surface area contributed by atoms with Gasteiger partial charge in [0.15, 0.2) is 0 Å². The molecule has 0 aliphatic carbocycles. The minimum absolute atomic E-state index is 0.0237. The van der Waals surface area contributed by atoms with Gasteiger partial charge in [-0.15, -0.1) is 0 Å². The van der Waals surface area contributed by atoms with E-state index in [9.17, 15) is 13.2 Å². The van der Waals surface area contributed by atoms with Crippen LogP contribution in [0.3, 0.4) is 0 Å². The number of nitrogens with zero attached hydrogens (tertiary/aromatic N) is 1. The molecule has 5 nitrogen and oxygen atoms in total. The van der Waals surface area contributed by atoms with Crippen molar-refractivity contribution in [3.63, 3.8) is 0 Å². The monoisotopic (exact) mass is 430 g/mol. The summed E-state index contributed by atoms with van der Waals surface area (Å²) in [7, 11) is -1.96. The lowest BCUT2D eigenvalue weighted by molar-refractivity contribution is 0.103. The van der Waals surface area contributed by atoms with Gasteiger partial charge in [0.25, 0.3) is 0 Å². The van der Waals surface area contributed by atoms with E-state index >= 15 is 0 Å². The summed E-state index contributed by atoms with van der Waals surface area (Å²) < 4.78 is 24.9. The van der Waals surface area contributed by atoms with Gasteiger partial charge in [-0.3, -0.25) is 4.79 Å². The zero-order chi connectivity index (χ0) is 21.5. The Bertz CT molecular complexity index is 1230. The number of sulfonamides is 1. The van der Waals surface area contributed by atoms with Gasteiger partial charge in [0.1, 0.15) is 0 Å². The zero-order valence-corrected chi connectivity index (χ0v) is 18.4. The Morgan fingerprint density at radius 1 is 1.03 bits per heavy atom. The number of hydrogen-bond donors (Lipinski definition) is 1. The molecule has 0 unspecified atom stereocenters. The van der Waals surface area contributed by atoms with Gasteiger partial charge in [0.05, 0.1) is 10.6 Å². The number of carbonyl (C=O) groups excluding carboxylic acids is 1. The number of aromatic nitrogens is 1. The fourth-order valence-corrected chi connectivity index (χ4v) is 4.42. The fourth-order valence-electron chi connectivity index (χ4n) is 3.56. The maximum absolute atomic E-state index is 13.2. The lowest BCUT2D eigenvalue weighted by Crippen LogP contribution is -2.13. The quantitative estimate of drug-likeness (QED) is 0.619. The van der Waals surface area contributed by atoms with E-state index < -0.39 is 10.0 Å². The smallest absolute Gasteiger partial charge is 0.238 e. The number of carbonyl (C=O) groups is 1. The van der Waals surface area contributed by atoms with Crippen LogP contribution in [-0.4, -0.2) is 18.8 Å². The lowest BCUT2D eigenvalue weighted by Gasteiger charge is -2.11. The van der Waals surface area contributed by atoms with Crippen LogP contribution in [0.2, 0.25) is 5.02 Å². The molecule has 0 radical (unpaired) electrons. The number of aryl methyl sites for hydroxylation is 3. The first kappa shape index (κ1) is 21.3. The van der Waals surface area contributed by atoms with Gasteiger partial charge in [-0.05, 0) is 55.7 Å². The van der Waals surface area contributed by atoms with Crippen LogP contribution in [0.4, 0.5) is 0 Å². The Kier molecular flexibility index (Phi) is 5.72. The average molecular weight is 431 g/mol. The normalized spacial score (nSPS) is 11.7. The predicted molar refractivity (Wildman–Crippen MR) is 115 cm³/mol. The molecule has 2 N–H and O–H groups in total. The van der Waals surface area contributed by atoms with Crippen molar-refractivity contribution >= 4 is 27.4 Å². The molecule has 0 aliphatic rings. The summed E-state index contributed by atoms with van der Waals surface area (Å²) in [5.41, 5.74) is 5.90. The third kappa shape index (κ3) is 4.29. The molecule has 29 heavy (non-hydrogen) atoms. The average Bonchev–Trinajstić information content (AvgIpc) is 2.89. The molecule has 0 spiro atoms. The van der Waals surface area contributed by atoms with E-state index in [0.717, 1.165) is 27.9 Å². The van der Waals surface area contributed by atoms with E-state index in [1.807, 2.05) is 56.7 Å². The predicted octanol–water partition coefficient (Wildman–Crippen LogP) is 4.07. The zero-order valence-electron chi connectivity index (χ0n) is 16.8. The standard InChI is InChI=1S/C22H23ClN2O3S/c1-13-5-8-19(14(2)9-13)22(26)21-15(3)10-17(25(21)4)11-16-6-7-18(12-20(16)23)29(24,27)28/h5-10,12H,11H2,1-4H3,(H2,24,27,28). The number of halogens is 1. The molecule has 1 heterocycles. The van der Waals surface area contributed by atoms with Crippen LogP contribution in [0.25, 0.3) is 0 Å². The molecular formula is C22H23ClN2O3S. The van der Waals surface area contributed by atoms with Crippen molar-refractivity contribution in [3.05, 3.63) is 86.7 Å². The summed E-state index contributed by atoms with van der Waals surface area (Å²) in [6.07, 6.45) is 0.460. The van der Waals surface area contributed by atoms with Crippen molar-refractivity contribution in [2.75, 3.05) is 0 Å². The lowest BCUT2D eigenvalue weighted by atomic mass is 9.99. The number of primary sulfonamides is 1. The van der Waals surface area contributed by atoms with Crippen molar-refractivity contribution in [1.29, 1.82) is 0 Å². The van der Waals surface area contributed by atoms with Crippen molar-refractivity contribution < 1.29 is 13.2 Å². The molecule has 152 valence electrons. The molecule has 0 amide bonds. The Morgan fingerprint density at radius 3 is 2.31 bits per heavy atom. The van der Waals surface area contributed by atoms with Crippen molar-refractivity contribution in [1.82, 2.24) is 4.57 Å². The van der Waals surface area contributed by atoms with Gasteiger partial charge in [0, 0.05) is 29.7 Å². The number of ketones is 1. The second-order valence-electron chi connectivity index (χ2n) is 7.35. The highest BCUT2D eigenvalue weighted by atomic mass is 35.5. The van der Waals surface area contributed by atoms with E-state index in [2.05, 4.69) is 0 Å². The first-order chi connectivity index (χ1) is 13.5. The second kappa shape index (κ2) is 7.78. The van der Waals surface area contributed by atoms with Crippen molar-refractivity contribution in [2.45, 2.75) is 32.1 Å². The van der Waals surface area contributed by atoms with E-state index in [1.165, 1.54) is 12.1 Å². The topological polar surface area (TPSA) is 82.2 Å². The first-order valence-corrected chi connectivity index (χ1v) is 11.0. The van der Waals surface area contributed by atoms with Crippen molar-refractivity contribution in [2.24, 2.45) is 12.2 Å². The molecule has 7 heteroatoms. The van der Waals surface area contributed by atoms with Gasteiger partial charge in [-0.2, -0.15) is 0 Å². The molecule has 0 fully saturated rings. The summed E-state index contributed by atoms with van der Waals surface area (Å²) in [4.78, 5) is 13.2. The van der Waals surface area contributed by atoms with Crippen LogP contribution in [0.15, 0.2) is 47.4 Å². The largest absolute Gasteiger partial charge is 0.344 e. The van der Waals surface area contributed by atoms with E-state index in [1.54, 1.807) is 6.07 Å². The van der Waals surface area contributed by atoms with Crippen LogP contribution in [0.1, 0.15) is 44.0 Å². The Balaban J connectivity index is 1.97. The summed E-state index contributed by atoms with van der Waals surface area (Å²) in [6.45, 7) is 5.84. The molecule has 1 aromatic heterocycles. The van der Waals surface area contributed by atoms with Gasteiger partial charge < -0.3 is 4.57 Å². The molecule has 3 aromatic rings. The molecule has 0 atom stereocenters. The Morgan fingerprint density at radius 2 is 1.72 bits per heavy atom. The third-order valence-corrected chi connectivity index (χ3v) is 6.35. The maximum Gasteiger partial charge on any atom is 0.238 e.